The van der Waals surface area contributed by atoms with Crippen molar-refractivity contribution >= 4 is 11.7 Å². The highest BCUT2D eigenvalue weighted by atomic mass is 16.5. The second-order valence-corrected chi connectivity index (χ2v) is 4.91. The first-order valence-corrected chi connectivity index (χ1v) is 6.28. The minimum atomic E-state index is 0.0675. The van der Waals surface area contributed by atoms with Gasteiger partial charge in [0.05, 0.1) is 11.8 Å². The van der Waals surface area contributed by atoms with Crippen molar-refractivity contribution in [1.82, 2.24) is 10.2 Å². The van der Waals surface area contributed by atoms with Crippen molar-refractivity contribution in [2.45, 2.75) is 38.2 Å². The number of hydrogen-bond donors (Lipinski definition) is 2. The van der Waals surface area contributed by atoms with Gasteiger partial charge < -0.3 is 10.1 Å². The molecule has 1 saturated carbocycles. The van der Waals surface area contributed by atoms with Gasteiger partial charge in [-0.2, -0.15) is 5.10 Å². The monoisotopic (exact) mass is 235 g/mol. The normalized spacial score (nSPS) is 23.9. The molecule has 1 aliphatic carbocycles. The number of nitrogens with zero attached hydrogens (tertiary/aromatic N) is 1. The molecule has 3 rings (SSSR count). The maximum Gasteiger partial charge on any atom is 0.225 e. The number of hydrogen-bond acceptors (Lipinski definition) is 3. The summed E-state index contributed by atoms with van der Waals surface area (Å²) < 4.78 is 5.55. The Morgan fingerprint density at radius 2 is 2.41 bits per heavy atom. The Labute approximate surface area is 99.9 Å². The van der Waals surface area contributed by atoms with Crippen LogP contribution in [0, 0.1) is 5.92 Å². The van der Waals surface area contributed by atoms with Crippen molar-refractivity contribution in [3.05, 3.63) is 11.8 Å². The number of amides is 1. The second kappa shape index (κ2) is 4.49. The Morgan fingerprint density at radius 3 is 3.12 bits per heavy atom. The summed E-state index contributed by atoms with van der Waals surface area (Å²) in [5.41, 5.74) is 0.962. The number of ether oxygens (including phenoxy) is 1. The molecule has 1 atom stereocenters. The molecule has 5 nitrogen and oxygen atoms in total. The Balaban J connectivity index is 1.57. The van der Waals surface area contributed by atoms with E-state index in [0.717, 1.165) is 25.1 Å². The second-order valence-electron chi connectivity index (χ2n) is 4.91. The number of anilines is 1. The van der Waals surface area contributed by atoms with Crippen molar-refractivity contribution < 1.29 is 9.53 Å². The van der Waals surface area contributed by atoms with Crippen molar-refractivity contribution in [3.8, 4) is 0 Å². The number of H-pyrrole nitrogens is 1. The van der Waals surface area contributed by atoms with E-state index >= 15 is 0 Å². The third-order valence-electron chi connectivity index (χ3n) is 3.31. The molecule has 1 aromatic heterocycles. The summed E-state index contributed by atoms with van der Waals surface area (Å²) >= 11 is 0. The fourth-order valence-electron chi connectivity index (χ4n) is 2.17. The Morgan fingerprint density at radius 1 is 1.53 bits per heavy atom. The van der Waals surface area contributed by atoms with Crippen molar-refractivity contribution in [1.29, 1.82) is 0 Å². The predicted molar refractivity (Wildman–Crippen MR) is 62.5 cm³/mol. The molecule has 92 valence electrons. The molecule has 1 saturated heterocycles. The van der Waals surface area contributed by atoms with Gasteiger partial charge in [0.15, 0.2) is 5.82 Å². The maximum absolute atomic E-state index is 11.6. The predicted octanol–water partition coefficient (Wildman–Crippen LogP) is 2.00. The minimum Gasteiger partial charge on any atom is -0.372 e. The maximum atomic E-state index is 11.6. The summed E-state index contributed by atoms with van der Waals surface area (Å²) in [5.74, 6) is 1.28. The van der Waals surface area contributed by atoms with Crippen LogP contribution in [0.15, 0.2) is 6.07 Å². The average molecular weight is 235 g/mol. The summed E-state index contributed by atoms with van der Waals surface area (Å²) in [5, 5.41) is 9.84. The topological polar surface area (TPSA) is 67.0 Å². The van der Waals surface area contributed by atoms with Crippen molar-refractivity contribution in [3.63, 3.8) is 0 Å². The lowest BCUT2D eigenvalue weighted by atomic mass is 10.2. The number of aromatic amines is 1. The van der Waals surface area contributed by atoms with Crippen LogP contribution in [-0.2, 0) is 9.53 Å². The minimum absolute atomic E-state index is 0.0675. The summed E-state index contributed by atoms with van der Waals surface area (Å²) in [4.78, 5) is 11.6. The smallest absolute Gasteiger partial charge is 0.225 e. The van der Waals surface area contributed by atoms with E-state index in [-0.39, 0.29) is 12.0 Å². The van der Waals surface area contributed by atoms with Gasteiger partial charge in [-0.3, -0.25) is 9.89 Å². The van der Waals surface area contributed by atoms with Crippen molar-refractivity contribution in [2.24, 2.45) is 5.92 Å². The average Bonchev–Trinajstić information content (AvgIpc) is 2.84. The van der Waals surface area contributed by atoms with Gasteiger partial charge in [0.25, 0.3) is 0 Å². The Kier molecular flexibility index (Phi) is 2.84. The molecule has 0 radical (unpaired) electrons. The van der Waals surface area contributed by atoms with E-state index in [1.54, 1.807) is 0 Å². The molecule has 2 aliphatic rings. The lowest BCUT2D eigenvalue weighted by molar-refractivity contribution is -0.116. The molecule has 1 unspecified atom stereocenters. The molecule has 2 fully saturated rings. The van der Waals surface area contributed by atoms with Gasteiger partial charge in [0.1, 0.15) is 0 Å². The fourth-order valence-corrected chi connectivity index (χ4v) is 2.17. The summed E-state index contributed by atoms with van der Waals surface area (Å²) in [6.07, 6.45) is 5.24. The van der Waals surface area contributed by atoms with Gasteiger partial charge in [-0.05, 0) is 31.6 Å². The zero-order valence-electron chi connectivity index (χ0n) is 9.74. The lowest BCUT2D eigenvalue weighted by Gasteiger charge is -2.04. The molecule has 1 aliphatic heterocycles. The van der Waals surface area contributed by atoms with Crippen LogP contribution in [0.3, 0.4) is 0 Å². The zero-order chi connectivity index (χ0) is 11.7. The number of aromatic nitrogens is 2. The third-order valence-corrected chi connectivity index (χ3v) is 3.31. The number of rotatable bonds is 4. The van der Waals surface area contributed by atoms with E-state index in [0.29, 0.717) is 18.2 Å². The zero-order valence-corrected chi connectivity index (χ0v) is 9.74. The molecule has 2 heterocycles. The van der Waals surface area contributed by atoms with E-state index < -0.39 is 0 Å². The highest BCUT2D eigenvalue weighted by Gasteiger charge is 2.25. The molecule has 1 amide bonds. The summed E-state index contributed by atoms with van der Waals surface area (Å²) in [7, 11) is 0. The fraction of sp³-hybridized carbons (Fsp3) is 0.667. The number of carbonyl (C=O) groups is 1. The van der Waals surface area contributed by atoms with E-state index in [1.807, 2.05) is 6.07 Å². The quantitative estimate of drug-likeness (QED) is 0.838. The molecular weight excluding hydrogens is 218 g/mol. The molecule has 17 heavy (non-hydrogen) atoms. The van der Waals surface area contributed by atoms with Crippen LogP contribution >= 0.6 is 0 Å². The van der Waals surface area contributed by atoms with Crippen LogP contribution in [0.4, 0.5) is 5.82 Å². The number of nitrogens with one attached hydrogen (secondary N) is 2. The van der Waals surface area contributed by atoms with Crippen LogP contribution in [0.5, 0.6) is 0 Å². The summed E-state index contributed by atoms with van der Waals surface area (Å²) in [6, 6.07) is 1.88. The van der Waals surface area contributed by atoms with Gasteiger partial charge >= 0.3 is 0 Å². The Hall–Kier alpha value is -1.36. The van der Waals surface area contributed by atoms with Gasteiger partial charge in [-0.1, -0.05) is 0 Å². The van der Waals surface area contributed by atoms with Crippen LogP contribution in [0.25, 0.3) is 0 Å². The largest absolute Gasteiger partial charge is 0.372 e. The first kappa shape index (κ1) is 10.8. The van der Waals surface area contributed by atoms with E-state index in [1.165, 1.54) is 12.8 Å². The molecular formula is C12H17N3O2. The van der Waals surface area contributed by atoms with E-state index in [2.05, 4.69) is 15.5 Å². The van der Waals surface area contributed by atoms with Crippen LogP contribution in [0.2, 0.25) is 0 Å². The van der Waals surface area contributed by atoms with E-state index in [4.69, 9.17) is 4.74 Å². The van der Waals surface area contributed by atoms with Gasteiger partial charge in [0.2, 0.25) is 5.91 Å². The first-order valence-electron chi connectivity index (χ1n) is 6.28. The molecule has 1 aromatic rings. The highest BCUT2D eigenvalue weighted by Crippen LogP contribution is 2.32. The first-order chi connectivity index (χ1) is 8.31. The molecule has 0 spiro atoms. The van der Waals surface area contributed by atoms with Gasteiger partial charge in [0, 0.05) is 19.1 Å². The SMILES string of the molecule is O=C(CC1CC1)Nc1cc(C2CCCO2)[nH]n1. The lowest BCUT2D eigenvalue weighted by Crippen LogP contribution is -2.12. The Bertz CT molecular complexity index is 406. The molecule has 0 bridgehead atoms. The standard InChI is InChI=1S/C12H17N3O2/c16-12(6-8-3-4-8)13-11-7-9(14-15-11)10-2-1-5-17-10/h7-8,10H,1-6H2,(H2,13,14,15,16). The van der Waals surface area contributed by atoms with E-state index in [9.17, 15) is 4.79 Å². The summed E-state index contributed by atoms with van der Waals surface area (Å²) in [6.45, 7) is 0.813. The highest BCUT2D eigenvalue weighted by molar-refractivity contribution is 5.90. The van der Waals surface area contributed by atoms with Gasteiger partial charge in [-0.25, -0.2) is 0 Å². The molecule has 5 heteroatoms. The number of carbonyl (C=O) groups excluding carboxylic acids is 1. The molecule has 0 aromatic carbocycles. The van der Waals surface area contributed by atoms with Gasteiger partial charge in [-0.15, -0.1) is 0 Å². The van der Waals surface area contributed by atoms with Crippen LogP contribution in [-0.4, -0.2) is 22.7 Å². The van der Waals surface area contributed by atoms with Crippen molar-refractivity contribution in [2.75, 3.05) is 11.9 Å². The van der Waals surface area contributed by atoms with Crippen LogP contribution < -0.4 is 5.32 Å². The van der Waals surface area contributed by atoms with Crippen LogP contribution in [0.1, 0.15) is 43.9 Å². The molecule has 2 N–H and O–H groups in total. The third kappa shape index (κ3) is 2.66.